The predicted molar refractivity (Wildman–Crippen MR) is 82.7 cm³/mol. The normalized spacial score (nSPS) is 12.0. The topological polar surface area (TPSA) is 62.7 Å². The second-order valence-electron chi connectivity index (χ2n) is 4.80. The lowest BCUT2D eigenvalue weighted by Crippen LogP contribution is -2.14. The molecular weight excluding hydrogens is 264 g/mol. The van der Waals surface area contributed by atoms with Crippen molar-refractivity contribution in [3.8, 4) is 5.69 Å². The fourth-order valence-electron chi connectivity index (χ4n) is 2.20. The molecular formula is C16H16N4O. The van der Waals surface area contributed by atoms with Gasteiger partial charge in [0.2, 0.25) is 0 Å². The minimum atomic E-state index is -0.141. The number of aromatic nitrogens is 3. The molecule has 5 nitrogen and oxygen atoms in total. The van der Waals surface area contributed by atoms with Crippen LogP contribution in [0.1, 0.15) is 18.7 Å². The van der Waals surface area contributed by atoms with Gasteiger partial charge in [-0.15, -0.1) is 0 Å². The minimum absolute atomic E-state index is 0.118. The van der Waals surface area contributed by atoms with Crippen molar-refractivity contribution in [1.29, 1.82) is 0 Å². The Morgan fingerprint density at radius 2 is 2.00 bits per heavy atom. The first kappa shape index (κ1) is 13.2. The number of rotatable bonds is 4. The fraction of sp³-hybridized carbons (Fsp3) is 0.125. The van der Waals surface area contributed by atoms with Gasteiger partial charge in [-0.2, -0.15) is 0 Å². The molecule has 0 saturated heterocycles. The molecule has 5 heteroatoms. The molecule has 0 radical (unpaired) electrons. The quantitative estimate of drug-likeness (QED) is 0.772. The van der Waals surface area contributed by atoms with Crippen molar-refractivity contribution < 1.29 is 0 Å². The van der Waals surface area contributed by atoms with E-state index in [0.717, 1.165) is 17.1 Å². The molecule has 0 aliphatic carbocycles. The minimum Gasteiger partial charge on any atom is -0.377 e. The third-order valence-electron chi connectivity index (χ3n) is 3.31. The zero-order valence-corrected chi connectivity index (χ0v) is 11.7. The van der Waals surface area contributed by atoms with Crippen LogP contribution >= 0.6 is 0 Å². The van der Waals surface area contributed by atoms with Crippen LogP contribution < -0.4 is 11.0 Å². The van der Waals surface area contributed by atoms with E-state index in [1.54, 1.807) is 23.2 Å². The Morgan fingerprint density at radius 1 is 1.19 bits per heavy atom. The van der Waals surface area contributed by atoms with E-state index in [4.69, 9.17) is 0 Å². The summed E-state index contributed by atoms with van der Waals surface area (Å²) in [6.07, 6.45) is 5.12. The van der Waals surface area contributed by atoms with E-state index in [0.29, 0.717) is 0 Å². The van der Waals surface area contributed by atoms with Crippen molar-refractivity contribution >= 4 is 5.69 Å². The zero-order chi connectivity index (χ0) is 14.7. The summed E-state index contributed by atoms with van der Waals surface area (Å²) in [6.45, 7) is 2.06. The highest BCUT2D eigenvalue weighted by molar-refractivity contribution is 5.49. The number of hydrogen-bond acceptors (Lipinski definition) is 3. The van der Waals surface area contributed by atoms with Gasteiger partial charge in [-0.3, -0.25) is 9.55 Å². The molecule has 0 spiro atoms. The standard InChI is InChI=1S/C16H16N4O/c1-12(15-4-2-3-9-17-15)19-13-5-7-14(8-6-13)20-11-10-18-16(20)21/h2-12,19H,1H3,(H,18,21). The second kappa shape index (κ2) is 5.66. The maximum atomic E-state index is 11.6. The van der Waals surface area contributed by atoms with Crippen molar-refractivity contribution in [2.45, 2.75) is 13.0 Å². The van der Waals surface area contributed by atoms with Crippen LogP contribution in [0.4, 0.5) is 5.69 Å². The van der Waals surface area contributed by atoms with Gasteiger partial charge in [0.1, 0.15) is 0 Å². The second-order valence-corrected chi connectivity index (χ2v) is 4.80. The van der Waals surface area contributed by atoms with Gasteiger partial charge in [0.25, 0.3) is 0 Å². The maximum Gasteiger partial charge on any atom is 0.330 e. The molecule has 3 rings (SSSR count). The zero-order valence-electron chi connectivity index (χ0n) is 11.7. The first-order chi connectivity index (χ1) is 10.2. The summed E-state index contributed by atoms with van der Waals surface area (Å²) >= 11 is 0. The van der Waals surface area contributed by atoms with E-state index in [1.165, 1.54) is 0 Å². The number of anilines is 1. The van der Waals surface area contributed by atoms with E-state index in [-0.39, 0.29) is 11.7 Å². The highest BCUT2D eigenvalue weighted by Crippen LogP contribution is 2.18. The van der Waals surface area contributed by atoms with Crippen LogP contribution in [0.15, 0.2) is 65.8 Å². The molecule has 0 amide bonds. The third-order valence-corrected chi connectivity index (χ3v) is 3.31. The highest BCUT2D eigenvalue weighted by Gasteiger charge is 2.06. The molecule has 106 valence electrons. The number of nitrogens with one attached hydrogen (secondary N) is 2. The molecule has 2 heterocycles. The Labute approximate surface area is 122 Å². The molecule has 1 atom stereocenters. The third kappa shape index (κ3) is 2.86. The van der Waals surface area contributed by atoms with Gasteiger partial charge < -0.3 is 10.3 Å². The molecule has 1 aromatic carbocycles. The summed E-state index contributed by atoms with van der Waals surface area (Å²) < 4.78 is 1.56. The van der Waals surface area contributed by atoms with Crippen LogP contribution in [0.25, 0.3) is 5.69 Å². The number of aromatic amines is 1. The average molecular weight is 280 g/mol. The van der Waals surface area contributed by atoms with Gasteiger partial charge in [0.15, 0.2) is 0 Å². The number of benzene rings is 1. The SMILES string of the molecule is CC(Nc1ccc(-n2cc[nH]c2=O)cc1)c1ccccn1. The lowest BCUT2D eigenvalue weighted by molar-refractivity contribution is 0.839. The Hall–Kier alpha value is -2.82. The summed E-state index contributed by atoms with van der Waals surface area (Å²) in [5.41, 5.74) is 2.67. The molecule has 0 aliphatic rings. The van der Waals surface area contributed by atoms with E-state index >= 15 is 0 Å². The van der Waals surface area contributed by atoms with Gasteiger partial charge >= 0.3 is 5.69 Å². The van der Waals surface area contributed by atoms with Crippen molar-refractivity contribution in [3.63, 3.8) is 0 Å². The van der Waals surface area contributed by atoms with Crippen LogP contribution in [0.5, 0.6) is 0 Å². The monoisotopic (exact) mass is 280 g/mol. The van der Waals surface area contributed by atoms with Crippen LogP contribution in [-0.4, -0.2) is 14.5 Å². The summed E-state index contributed by atoms with van der Waals surface area (Å²) in [5.74, 6) is 0. The summed E-state index contributed by atoms with van der Waals surface area (Å²) in [5, 5.41) is 3.39. The van der Waals surface area contributed by atoms with Gasteiger partial charge in [0, 0.05) is 24.3 Å². The van der Waals surface area contributed by atoms with Gasteiger partial charge in [0.05, 0.1) is 17.4 Å². The number of imidazole rings is 1. The van der Waals surface area contributed by atoms with Crippen molar-refractivity contribution in [2.75, 3.05) is 5.32 Å². The van der Waals surface area contributed by atoms with Crippen LogP contribution in [-0.2, 0) is 0 Å². The first-order valence-corrected chi connectivity index (χ1v) is 6.78. The fourth-order valence-corrected chi connectivity index (χ4v) is 2.20. The van der Waals surface area contributed by atoms with Crippen LogP contribution in [0.2, 0.25) is 0 Å². The largest absolute Gasteiger partial charge is 0.377 e. The smallest absolute Gasteiger partial charge is 0.330 e. The van der Waals surface area contributed by atoms with E-state index in [9.17, 15) is 4.79 Å². The van der Waals surface area contributed by atoms with E-state index in [2.05, 4.69) is 22.2 Å². The predicted octanol–water partition coefficient (Wildman–Crippen LogP) is 2.73. The molecule has 0 bridgehead atoms. The molecule has 3 aromatic rings. The lowest BCUT2D eigenvalue weighted by Gasteiger charge is -2.15. The molecule has 0 aliphatic heterocycles. The Morgan fingerprint density at radius 3 is 2.62 bits per heavy atom. The highest BCUT2D eigenvalue weighted by atomic mass is 16.1. The van der Waals surface area contributed by atoms with E-state index in [1.807, 2.05) is 42.5 Å². The Bertz CT molecular complexity index is 759. The molecule has 0 fully saturated rings. The Balaban J connectivity index is 1.76. The summed E-state index contributed by atoms with van der Waals surface area (Å²) in [6, 6.07) is 13.7. The first-order valence-electron chi connectivity index (χ1n) is 6.78. The van der Waals surface area contributed by atoms with Crippen LogP contribution in [0.3, 0.4) is 0 Å². The van der Waals surface area contributed by atoms with Crippen molar-refractivity contribution in [1.82, 2.24) is 14.5 Å². The van der Waals surface area contributed by atoms with Crippen LogP contribution in [0, 0.1) is 0 Å². The maximum absolute atomic E-state index is 11.6. The summed E-state index contributed by atoms with van der Waals surface area (Å²) in [4.78, 5) is 18.5. The number of nitrogens with zero attached hydrogens (tertiary/aromatic N) is 2. The average Bonchev–Trinajstić information content (AvgIpc) is 2.95. The van der Waals surface area contributed by atoms with E-state index < -0.39 is 0 Å². The van der Waals surface area contributed by atoms with Gasteiger partial charge in [-0.05, 0) is 43.3 Å². The molecule has 2 N–H and O–H groups in total. The number of hydrogen-bond donors (Lipinski definition) is 2. The lowest BCUT2D eigenvalue weighted by atomic mass is 10.2. The molecule has 1 unspecified atom stereocenters. The number of pyridine rings is 1. The number of H-pyrrole nitrogens is 1. The Kier molecular flexibility index (Phi) is 3.55. The van der Waals surface area contributed by atoms with Gasteiger partial charge in [-0.25, -0.2) is 4.79 Å². The molecule has 2 aromatic heterocycles. The summed E-state index contributed by atoms with van der Waals surface area (Å²) in [7, 11) is 0. The molecule has 0 saturated carbocycles. The van der Waals surface area contributed by atoms with Gasteiger partial charge in [-0.1, -0.05) is 6.07 Å². The van der Waals surface area contributed by atoms with Crippen molar-refractivity contribution in [3.05, 3.63) is 77.2 Å². The molecule has 21 heavy (non-hydrogen) atoms. The van der Waals surface area contributed by atoms with Crippen molar-refractivity contribution in [2.24, 2.45) is 0 Å².